The molecule has 0 radical (unpaired) electrons. The lowest BCUT2D eigenvalue weighted by atomic mass is 10.1. The molecule has 0 bridgehead atoms. The number of amides is 1. The molecule has 0 saturated carbocycles. The Morgan fingerprint density at radius 3 is 2.56 bits per heavy atom. The van der Waals surface area contributed by atoms with Crippen LogP contribution in [-0.4, -0.2) is 47.9 Å². The Hall–Kier alpha value is -1.63. The van der Waals surface area contributed by atoms with Gasteiger partial charge in [-0.2, -0.15) is 0 Å². The maximum atomic E-state index is 12.6. The lowest BCUT2D eigenvalue weighted by Gasteiger charge is -2.24. The highest BCUT2D eigenvalue weighted by atomic mass is 35.5. The number of hydrogen-bond donors (Lipinski definition) is 0. The van der Waals surface area contributed by atoms with E-state index in [-0.39, 0.29) is 5.91 Å². The molecule has 7 heteroatoms. The molecule has 1 amide bonds. The third-order valence-corrected chi connectivity index (χ3v) is 5.00. The second kappa shape index (κ2) is 10.6. The van der Waals surface area contributed by atoms with Crippen LogP contribution in [0, 0.1) is 5.92 Å². The topological polar surface area (TPSA) is 45.7 Å². The summed E-state index contributed by atoms with van der Waals surface area (Å²) in [6.45, 7) is 6.61. The molecule has 2 aromatic rings. The van der Waals surface area contributed by atoms with E-state index in [1.54, 1.807) is 23.5 Å². The molecule has 0 fully saturated rings. The first-order chi connectivity index (χ1) is 12.8. The summed E-state index contributed by atoms with van der Waals surface area (Å²) in [6.07, 6.45) is 0.560. The Kier molecular flexibility index (Phi) is 8.54. The summed E-state index contributed by atoms with van der Waals surface area (Å²) in [7, 11) is 4.03. The van der Waals surface area contributed by atoms with Crippen LogP contribution in [0.4, 0.5) is 0 Å². The van der Waals surface area contributed by atoms with Crippen molar-refractivity contribution >= 4 is 28.8 Å². The average molecular weight is 410 g/mol. The molecule has 0 atom stereocenters. The van der Waals surface area contributed by atoms with E-state index in [0.717, 1.165) is 23.0 Å². The number of carbonyl (C=O) groups is 1. The van der Waals surface area contributed by atoms with Gasteiger partial charge in [-0.25, -0.2) is 4.98 Å². The minimum atomic E-state index is 0.179. The van der Waals surface area contributed by atoms with Crippen LogP contribution in [0.15, 0.2) is 29.6 Å². The molecule has 0 aliphatic heterocycles. The van der Waals surface area contributed by atoms with Gasteiger partial charge in [-0.3, -0.25) is 4.79 Å². The summed E-state index contributed by atoms with van der Waals surface area (Å²) < 4.78 is 5.75. The van der Waals surface area contributed by atoms with Crippen molar-refractivity contribution in [3.63, 3.8) is 0 Å². The minimum absolute atomic E-state index is 0.179. The molecule has 0 aliphatic rings. The van der Waals surface area contributed by atoms with E-state index in [0.29, 0.717) is 37.1 Å². The van der Waals surface area contributed by atoms with Gasteiger partial charge in [-0.15, -0.1) is 11.3 Å². The van der Waals surface area contributed by atoms with E-state index >= 15 is 0 Å². The Morgan fingerprint density at radius 2 is 1.93 bits per heavy atom. The van der Waals surface area contributed by atoms with Gasteiger partial charge in [0.05, 0.1) is 12.2 Å². The van der Waals surface area contributed by atoms with Crippen molar-refractivity contribution < 1.29 is 9.53 Å². The molecule has 1 aromatic heterocycles. The van der Waals surface area contributed by atoms with Crippen LogP contribution >= 0.6 is 22.9 Å². The highest BCUT2D eigenvalue weighted by Crippen LogP contribution is 2.19. The van der Waals surface area contributed by atoms with Gasteiger partial charge in [0.2, 0.25) is 5.91 Å². The van der Waals surface area contributed by atoms with E-state index < -0.39 is 0 Å². The second-order valence-electron chi connectivity index (χ2n) is 7.19. The van der Waals surface area contributed by atoms with Crippen molar-refractivity contribution in [3.05, 3.63) is 45.4 Å². The SMILES string of the molecule is CC(C)CC(=O)N(CCN(C)C)Cc1csc(COc2ccc(Cl)cc2)n1. The van der Waals surface area contributed by atoms with Crippen molar-refractivity contribution in [1.82, 2.24) is 14.8 Å². The van der Waals surface area contributed by atoms with Gasteiger partial charge in [-0.1, -0.05) is 25.4 Å². The maximum absolute atomic E-state index is 12.6. The van der Waals surface area contributed by atoms with Crippen molar-refractivity contribution in [2.75, 3.05) is 27.2 Å². The summed E-state index contributed by atoms with van der Waals surface area (Å²) in [5.74, 6) is 1.29. The summed E-state index contributed by atoms with van der Waals surface area (Å²) in [5.41, 5.74) is 0.908. The van der Waals surface area contributed by atoms with Crippen molar-refractivity contribution in [2.45, 2.75) is 33.4 Å². The molecule has 5 nitrogen and oxygen atoms in total. The molecule has 2 rings (SSSR count). The number of likely N-dealkylation sites (N-methyl/N-ethyl adjacent to an activating group) is 1. The monoisotopic (exact) mass is 409 g/mol. The van der Waals surface area contributed by atoms with Crippen molar-refractivity contribution in [1.29, 1.82) is 0 Å². The number of nitrogens with zero attached hydrogens (tertiary/aromatic N) is 3. The van der Waals surface area contributed by atoms with E-state index in [9.17, 15) is 4.79 Å². The molecular formula is C20H28ClN3O2S. The third-order valence-electron chi connectivity index (χ3n) is 3.88. The maximum Gasteiger partial charge on any atom is 0.223 e. The first-order valence-corrected chi connectivity index (χ1v) is 10.3. The number of benzene rings is 1. The second-order valence-corrected chi connectivity index (χ2v) is 8.57. The molecule has 1 heterocycles. The summed E-state index contributed by atoms with van der Waals surface area (Å²) >= 11 is 7.44. The van der Waals surface area contributed by atoms with E-state index in [1.807, 2.05) is 36.5 Å². The Morgan fingerprint density at radius 1 is 1.22 bits per heavy atom. The Balaban J connectivity index is 1.94. The fourth-order valence-corrected chi connectivity index (χ4v) is 3.27. The molecule has 0 saturated heterocycles. The predicted octanol–water partition coefficient (Wildman–Crippen LogP) is 4.31. The minimum Gasteiger partial charge on any atom is -0.486 e. The Labute approximate surface area is 170 Å². The molecule has 1 aromatic carbocycles. The predicted molar refractivity (Wildman–Crippen MR) is 111 cm³/mol. The lowest BCUT2D eigenvalue weighted by molar-refractivity contribution is -0.132. The number of carbonyl (C=O) groups excluding carboxylic acids is 1. The summed E-state index contributed by atoms with van der Waals surface area (Å²) in [4.78, 5) is 21.2. The first kappa shape index (κ1) is 21.7. The van der Waals surface area contributed by atoms with Crippen LogP contribution in [0.2, 0.25) is 5.02 Å². The fraction of sp³-hybridized carbons (Fsp3) is 0.500. The van der Waals surface area contributed by atoms with Gasteiger partial charge in [-0.05, 0) is 44.3 Å². The lowest BCUT2D eigenvalue weighted by Crippen LogP contribution is -2.36. The summed E-state index contributed by atoms with van der Waals surface area (Å²) in [5, 5.41) is 3.58. The first-order valence-electron chi connectivity index (χ1n) is 9.07. The number of thiazole rings is 1. The smallest absolute Gasteiger partial charge is 0.223 e. The van der Waals surface area contributed by atoms with Crippen LogP contribution in [0.25, 0.3) is 0 Å². The number of aromatic nitrogens is 1. The molecule has 0 N–H and O–H groups in total. The zero-order valence-corrected chi connectivity index (χ0v) is 18.0. The van der Waals surface area contributed by atoms with Crippen molar-refractivity contribution in [3.8, 4) is 5.75 Å². The van der Waals surface area contributed by atoms with Gasteiger partial charge in [0.15, 0.2) is 0 Å². The number of ether oxygens (including phenoxy) is 1. The third kappa shape index (κ3) is 7.87. The normalized spacial score (nSPS) is 11.2. The standard InChI is InChI=1S/C20H28ClN3O2S/c1-15(2)11-20(25)24(10-9-23(3)4)12-17-14-27-19(22-17)13-26-18-7-5-16(21)6-8-18/h5-8,14-15H,9-13H2,1-4H3. The average Bonchev–Trinajstić information content (AvgIpc) is 3.05. The van der Waals surface area contributed by atoms with Crippen LogP contribution < -0.4 is 4.74 Å². The van der Waals surface area contributed by atoms with Gasteiger partial charge in [0.1, 0.15) is 17.4 Å². The van der Waals surface area contributed by atoms with Crippen LogP contribution in [0.1, 0.15) is 31.0 Å². The van der Waals surface area contributed by atoms with E-state index in [4.69, 9.17) is 16.3 Å². The van der Waals surface area contributed by atoms with Crippen LogP contribution in [-0.2, 0) is 17.9 Å². The molecule has 0 spiro atoms. The molecule has 27 heavy (non-hydrogen) atoms. The van der Waals surface area contributed by atoms with Gasteiger partial charge < -0.3 is 14.5 Å². The highest BCUT2D eigenvalue weighted by molar-refractivity contribution is 7.09. The quantitative estimate of drug-likeness (QED) is 0.586. The largest absolute Gasteiger partial charge is 0.486 e. The number of halogens is 1. The van der Waals surface area contributed by atoms with Crippen LogP contribution in [0.5, 0.6) is 5.75 Å². The molecule has 148 valence electrons. The van der Waals surface area contributed by atoms with E-state index in [1.165, 1.54) is 0 Å². The zero-order chi connectivity index (χ0) is 19.8. The molecule has 0 unspecified atom stereocenters. The van der Waals surface area contributed by atoms with Gasteiger partial charge in [0.25, 0.3) is 0 Å². The molecular weight excluding hydrogens is 382 g/mol. The van der Waals surface area contributed by atoms with Gasteiger partial charge >= 0.3 is 0 Å². The van der Waals surface area contributed by atoms with Crippen molar-refractivity contribution in [2.24, 2.45) is 5.92 Å². The van der Waals surface area contributed by atoms with E-state index in [2.05, 4.69) is 23.7 Å². The Bertz CT molecular complexity index is 716. The zero-order valence-electron chi connectivity index (χ0n) is 16.4. The number of rotatable bonds is 10. The number of hydrogen-bond acceptors (Lipinski definition) is 5. The molecule has 0 aliphatic carbocycles. The summed E-state index contributed by atoms with van der Waals surface area (Å²) in [6, 6.07) is 7.27. The fourth-order valence-electron chi connectivity index (χ4n) is 2.45. The van der Waals surface area contributed by atoms with Gasteiger partial charge in [0, 0.05) is 29.9 Å². The highest BCUT2D eigenvalue weighted by Gasteiger charge is 2.17. The van der Waals surface area contributed by atoms with Crippen LogP contribution in [0.3, 0.4) is 0 Å².